The average molecular weight is 389 g/mol. The highest BCUT2D eigenvalue weighted by molar-refractivity contribution is 5.77. The predicted molar refractivity (Wildman–Crippen MR) is 101 cm³/mol. The molecule has 0 bridgehead atoms. The van der Waals surface area contributed by atoms with Crippen LogP contribution in [0, 0.1) is 0 Å². The average Bonchev–Trinajstić information content (AvgIpc) is 3.09. The highest BCUT2D eigenvalue weighted by Gasteiger charge is 2.32. The topological polar surface area (TPSA) is 46.4 Å². The van der Waals surface area contributed by atoms with E-state index in [-0.39, 0.29) is 18.4 Å². The summed E-state index contributed by atoms with van der Waals surface area (Å²) in [5, 5.41) is 2.89. The number of nitrogens with zero attached hydrogens (tertiary/aromatic N) is 2. The molecule has 2 aromatic heterocycles. The van der Waals surface area contributed by atoms with Gasteiger partial charge in [0, 0.05) is 30.8 Å². The molecule has 2 atom stereocenters. The SMILES string of the molecule is CCC(C)NC(=O)CC(c1cccc(C(F)(F)F)c1)c1cnc2ccccn12. The van der Waals surface area contributed by atoms with Crippen molar-refractivity contribution in [2.24, 2.45) is 0 Å². The van der Waals surface area contributed by atoms with Crippen molar-refractivity contribution in [2.45, 2.75) is 44.8 Å². The first kappa shape index (κ1) is 19.9. The Morgan fingerprint density at radius 1 is 1.21 bits per heavy atom. The van der Waals surface area contributed by atoms with E-state index >= 15 is 0 Å². The lowest BCUT2D eigenvalue weighted by Crippen LogP contribution is -2.33. The molecule has 0 aliphatic heterocycles. The highest BCUT2D eigenvalue weighted by atomic mass is 19.4. The number of nitrogens with one attached hydrogen (secondary N) is 1. The summed E-state index contributed by atoms with van der Waals surface area (Å²) in [5.74, 6) is -0.758. The zero-order valence-corrected chi connectivity index (χ0v) is 15.7. The lowest BCUT2D eigenvalue weighted by atomic mass is 9.91. The van der Waals surface area contributed by atoms with Crippen molar-refractivity contribution in [3.8, 4) is 0 Å². The standard InChI is InChI=1S/C21H22F3N3O/c1-3-14(2)26-20(28)12-17(15-7-6-8-16(11-15)21(22,23)24)18-13-25-19-9-4-5-10-27(18)19/h4-11,13-14,17H,3,12H2,1-2H3,(H,26,28). The van der Waals surface area contributed by atoms with Gasteiger partial charge in [-0.1, -0.05) is 31.2 Å². The van der Waals surface area contributed by atoms with E-state index in [1.807, 2.05) is 36.4 Å². The molecule has 3 aromatic rings. The summed E-state index contributed by atoms with van der Waals surface area (Å²) in [7, 11) is 0. The lowest BCUT2D eigenvalue weighted by molar-refractivity contribution is -0.137. The van der Waals surface area contributed by atoms with Gasteiger partial charge < -0.3 is 9.72 Å². The Labute approximate surface area is 161 Å². The second-order valence-electron chi connectivity index (χ2n) is 6.87. The zero-order valence-electron chi connectivity index (χ0n) is 15.7. The Kier molecular flexibility index (Phi) is 5.72. The predicted octanol–water partition coefficient (Wildman–Crippen LogP) is 4.79. The Bertz CT molecular complexity index is 965. The molecule has 7 heteroatoms. The number of alkyl halides is 3. The van der Waals surface area contributed by atoms with Gasteiger partial charge in [0.2, 0.25) is 5.91 Å². The Hall–Kier alpha value is -2.83. The lowest BCUT2D eigenvalue weighted by Gasteiger charge is -2.20. The molecule has 0 radical (unpaired) electrons. The van der Waals surface area contributed by atoms with Crippen LogP contribution in [0.25, 0.3) is 5.65 Å². The van der Waals surface area contributed by atoms with Crippen LogP contribution >= 0.6 is 0 Å². The summed E-state index contributed by atoms with van der Waals surface area (Å²) in [4.78, 5) is 16.9. The van der Waals surface area contributed by atoms with Gasteiger partial charge in [0.1, 0.15) is 5.65 Å². The Morgan fingerprint density at radius 3 is 2.71 bits per heavy atom. The molecule has 148 valence electrons. The molecule has 3 rings (SSSR count). The third-order valence-corrected chi connectivity index (χ3v) is 4.83. The van der Waals surface area contributed by atoms with Crippen LogP contribution in [0.2, 0.25) is 0 Å². The first-order valence-electron chi connectivity index (χ1n) is 9.18. The van der Waals surface area contributed by atoms with Crippen molar-refractivity contribution < 1.29 is 18.0 Å². The van der Waals surface area contributed by atoms with Gasteiger partial charge in [-0.25, -0.2) is 4.98 Å². The Balaban J connectivity index is 2.03. The van der Waals surface area contributed by atoms with Crippen LogP contribution in [0.5, 0.6) is 0 Å². The molecule has 0 spiro atoms. The van der Waals surface area contributed by atoms with E-state index in [0.29, 0.717) is 16.9 Å². The number of amides is 1. The van der Waals surface area contributed by atoms with E-state index in [2.05, 4.69) is 10.3 Å². The minimum absolute atomic E-state index is 0.00292. The fraction of sp³-hybridized carbons (Fsp3) is 0.333. The third-order valence-electron chi connectivity index (χ3n) is 4.83. The van der Waals surface area contributed by atoms with E-state index in [9.17, 15) is 18.0 Å². The second kappa shape index (κ2) is 8.04. The van der Waals surface area contributed by atoms with E-state index in [0.717, 1.165) is 18.6 Å². The molecule has 1 amide bonds. The quantitative estimate of drug-likeness (QED) is 0.659. The number of hydrogen-bond acceptors (Lipinski definition) is 2. The number of imidazole rings is 1. The highest BCUT2D eigenvalue weighted by Crippen LogP contribution is 2.34. The van der Waals surface area contributed by atoms with Gasteiger partial charge in [0.25, 0.3) is 0 Å². The third kappa shape index (κ3) is 4.35. The minimum atomic E-state index is -4.45. The number of rotatable bonds is 6. The molecular weight excluding hydrogens is 367 g/mol. The van der Waals surface area contributed by atoms with Gasteiger partial charge >= 0.3 is 6.18 Å². The summed E-state index contributed by atoms with van der Waals surface area (Å²) < 4.78 is 41.4. The van der Waals surface area contributed by atoms with Crippen molar-refractivity contribution in [3.05, 3.63) is 71.7 Å². The summed E-state index contributed by atoms with van der Waals surface area (Å²) >= 11 is 0. The number of benzene rings is 1. The van der Waals surface area contributed by atoms with Crippen LogP contribution in [-0.2, 0) is 11.0 Å². The van der Waals surface area contributed by atoms with Crippen LogP contribution in [0.15, 0.2) is 54.9 Å². The van der Waals surface area contributed by atoms with Crippen molar-refractivity contribution in [2.75, 3.05) is 0 Å². The largest absolute Gasteiger partial charge is 0.416 e. The summed E-state index contributed by atoms with van der Waals surface area (Å²) in [6.07, 6.45) is -0.218. The molecule has 1 aromatic carbocycles. The van der Waals surface area contributed by atoms with Crippen LogP contribution in [0.1, 0.15) is 49.4 Å². The molecule has 4 nitrogen and oxygen atoms in total. The van der Waals surface area contributed by atoms with Gasteiger partial charge in [0.15, 0.2) is 0 Å². The molecular formula is C21H22F3N3O. The van der Waals surface area contributed by atoms with Gasteiger partial charge in [-0.2, -0.15) is 13.2 Å². The normalized spacial score (nSPS) is 14.0. The molecule has 0 aliphatic rings. The van der Waals surface area contributed by atoms with E-state index in [1.165, 1.54) is 6.07 Å². The number of carbonyl (C=O) groups is 1. The number of pyridine rings is 1. The number of hydrogen-bond donors (Lipinski definition) is 1. The van der Waals surface area contributed by atoms with Gasteiger partial charge in [-0.15, -0.1) is 0 Å². The molecule has 0 saturated heterocycles. The molecule has 28 heavy (non-hydrogen) atoms. The van der Waals surface area contributed by atoms with Crippen LogP contribution in [0.3, 0.4) is 0 Å². The number of fused-ring (bicyclic) bond motifs is 1. The van der Waals surface area contributed by atoms with Crippen LogP contribution in [-0.4, -0.2) is 21.3 Å². The van der Waals surface area contributed by atoms with Gasteiger partial charge in [-0.05, 0) is 37.1 Å². The van der Waals surface area contributed by atoms with Gasteiger partial charge in [0.05, 0.1) is 11.3 Å². The van der Waals surface area contributed by atoms with Crippen molar-refractivity contribution in [3.63, 3.8) is 0 Å². The van der Waals surface area contributed by atoms with Crippen LogP contribution < -0.4 is 5.32 Å². The van der Waals surface area contributed by atoms with E-state index in [1.54, 1.807) is 18.5 Å². The summed E-state index contributed by atoms with van der Waals surface area (Å²) in [6, 6.07) is 10.6. The molecule has 0 saturated carbocycles. The minimum Gasteiger partial charge on any atom is -0.354 e. The van der Waals surface area contributed by atoms with Gasteiger partial charge in [-0.3, -0.25) is 4.79 Å². The summed E-state index contributed by atoms with van der Waals surface area (Å²) in [5.41, 5.74) is 1.05. The number of aromatic nitrogens is 2. The van der Waals surface area contributed by atoms with Crippen LogP contribution in [0.4, 0.5) is 13.2 Å². The molecule has 1 N–H and O–H groups in total. The number of halogens is 3. The maximum absolute atomic E-state index is 13.2. The first-order chi connectivity index (χ1) is 13.3. The number of carbonyl (C=O) groups excluding carboxylic acids is 1. The van der Waals surface area contributed by atoms with Crippen molar-refractivity contribution >= 4 is 11.6 Å². The maximum atomic E-state index is 13.2. The second-order valence-corrected chi connectivity index (χ2v) is 6.87. The smallest absolute Gasteiger partial charge is 0.354 e. The fourth-order valence-corrected chi connectivity index (χ4v) is 3.16. The molecule has 2 unspecified atom stereocenters. The zero-order chi connectivity index (χ0) is 20.3. The Morgan fingerprint density at radius 2 is 2.00 bits per heavy atom. The van der Waals surface area contributed by atoms with E-state index < -0.39 is 17.7 Å². The molecule has 0 fully saturated rings. The molecule has 2 heterocycles. The van der Waals surface area contributed by atoms with Crippen molar-refractivity contribution in [1.29, 1.82) is 0 Å². The van der Waals surface area contributed by atoms with Crippen molar-refractivity contribution in [1.82, 2.24) is 14.7 Å². The summed E-state index contributed by atoms with van der Waals surface area (Å²) in [6.45, 7) is 3.85. The fourth-order valence-electron chi connectivity index (χ4n) is 3.16. The monoisotopic (exact) mass is 389 g/mol. The van der Waals surface area contributed by atoms with E-state index in [4.69, 9.17) is 0 Å². The maximum Gasteiger partial charge on any atom is 0.416 e. The molecule has 0 aliphatic carbocycles. The first-order valence-corrected chi connectivity index (χ1v) is 9.18.